The average Bonchev–Trinajstić information content (AvgIpc) is 1.98. The van der Waals surface area contributed by atoms with Gasteiger partial charge < -0.3 is 5.32 Å². The summed E-state index contributed by atoms with van der Waals surface area (Å²) in [4.78, 5) is 0. The Morgan fingerprint density at radius 1 is 1.55 bits per heavy atom. The lowest BCUT2D eigenvalue weighted by Crippen LogP contribution is -1.97. The van der Waals surface area contributed by atoms with Crippen molar-refractivity contribution in [2.45, 2.75) is 6.92 Å². The third-order valence-corrected chi connectivity index (χ3v) is 1.99. The summed E-state index contributed by atoms with van der Waals surface area (Å²) in [7, 11) is 0. The second-order valence-electron chi connectivity index (χ2n) is 2.15. The summed E-state index contributed by atoms with van der Waals surface area (Å²) in [6.07, 6.45) is 0. The van der Waals surface area contributed by atoms with E-state index in [1.807, 2.05) is 6.92 Å². The first-order valence-electron chi connectivity index (χ1n) is 3.43. The van der Waals surface area contributed by atoms with Gasteiger partial charge in [-0.3, -0.25) is 0 Å². The van der Waals surface area contributed by atoms with Crippen LogP contribution in [0.25, 0.3) is 0 Å². The molecule has 0 heterocycles. The van der Waals surface area contributed by atoms with Gasteiger partial charge in [-0.15, -0.1) is 0 Å². The van der Waals surface area contributed by atoms with Crippen molar-refractivity contribution in [3.63, 3.8) is 0 Å². The van der Waals surface area contributed by atoms with Crippen molar-refractivity contribution in [2.24, 2.45) is 0 Å². The largest absolute Gasteiger partial charge is 0.384 e. The number of rotatable bonds is 2. The van der Waals surface area contributed by atoms with E-state index in [2.05, 4.69) is 21.2 Å². The van der Waals surface area contributed by atoms with E-state index in [0.29, 0.717) is 0 Å². The fourth-order valence-electron chi connectivity index (χ4n) is 0.823. The third-order valence-electron chi connectivity index (χ3n) is 1.30. The van der Waals surface area contributed by atoms with E-state index < -0.39 is 0 Å². The van der Waals surface area contributed by atoms with Crippen molar-refractivity contribution in [1.82, 2.24) is 0 Å². The molecule has 0 amide bonds. The highest BCUT2D eigenvalue weighted by molar-refractivity contribution is 9.10. The van der Waals surface area contributed by atoms with E-state index in [1.165, 1.54) is 12.1 Å². The van der Waals surface area contributed by atoms with Crippen LogP contribution in [0.15, 0.2) is 22.7 Å². The Bertz CT molecular complexity index is 250. The van der Waals surface area contributed by atoms with Gasteiger partial charge in [0.1, 0.15) is 5.82 Å². The zero-order valence-corrected chi connectivity index (χ0v) is 7.78. The zero-order valence-electron chi connectivity index (χ0n) is 6.20. The van der Waals surface area contributed by atoms with Crippen LogP contribution >= 0.6 is 15.9 Å². The monoisotopic (exact) mass is 217 g/mol. The lowest BCUT2D eigenvalue weighted by Gasteiger charge is -2.04. The molecule has 1 nitrogen and oxygen atoms in total. The Morgan fingerprint density at radius 2 is 2.27 bits per heavy atom. The molecule has 3 heteroatoms. The molecule has 11 heavy (non-hydrogen) atoms. The Hall–Kier alpha value is -0.570. The number of hydrogen-bond donors (Lipinski definition) is 1. The van der Waals surface area contributed by atoms with Crippen LogP contribution in [0.1, 0.15) is 6.92 Å². The second-order valence-corrected chi connectivity index (χ2v) is 3.01. The molecule has 0 spiro atoms. The fourth-order valence-corrected chi connectivity index (χ4v) is 1.21. The molecule has 1 rings (SSSR count). The van der Waals surface area contributed by atoms with Crippen LogP contribution in [-0.2, 0) is 0 Å². The predicted octanol–water partition coefficient (Wildman–Crippen LogP) is 3.02. The standard InChI is InChI=1S/C8H9BrFN/c1-2-11-8-5-6(10)3-4-7(8)9/h3-5,11H,2H2,1H3. The van der Waals surface area contributed by atoms with Crippen molar-refractivity contribution < 1.29 is 4.39 Å². The molecule has 0 aliphatic rings. The maximum atomic E-state index is 12.6. The van der Waals surface area contributed by atoms with Gasteiger partial charge in [-0.2, -0.15) is 0 Å². The number of hydrogen-bond acceptors (Lipinski definition) is 1. The van der Waals surface area contributed by atoms with E-state index in [0.717, 1.165) is 16.7 Å². The van der Waals surface area contributed by atoms with Crippen LogP contribution < -0.4 is 5.32 Å². The maximum Gasteiger partial charge on any atom is 0.125 e. The number of benzene rings is 1. The summed E-state index contributed by atoms with van der Waals surface area (Å²) >= 11 is 3.30. The van der Waals surface area contributed by atoms with Gasteiger partial charge in [0.2, 0.25) is 0 Å². The first-order chi connectivity index (χ1) is 5.24. The first-order valence-corrected chi connectivity index (χ1v) is 4.22. The Morgan fingerprint density at radius 3 is 2.91 bits per heavy atom. The van der Waals surface area contributed by atoms with Gasteiger partial charge in [0.05, 0.1) is 5.69 Å². The Kier molecular flexibility index (Phi) is 2.88. The topological polar surface area (TPSA) is 12.0 Å². The summed E-state index contributed by atoms with van der Waals surface area (Å²) in [5.41, 5.74) is 0.799. The highest BCUT2D eigenvalue weighted by Gasteiger charge is 1.98. The predicted molar refractivity (Wildman–Crippen MR) is 48.3 cm³/mol. The third kappa shape index (κ3) is 2.19. The second kappa shape index (κ2) is 3.72. The number of halogens is 2. The fraction of sp³-hybridized carbons (Fsp3) is 0.250. The van der Waals surface area contributed by atoms with Crippen LogP contribution in [0.2, 0.25) is 0 Å². The lowest BCUT2D eigenvalue weighted by molar-refractivity contribution is 0.628. The molecule has 1 aromatic rings. The molecule has 0 saturated carbocycles. The smallest absolute Gasteiger partial charge is 0.125 e. The average molecular weight is 218 g/mol. The first kappa shape index (κ1) is 8.53. The SMILES string of the molecule is CCNc1cc(F)ccc1Br. The zero-order chi connectivity index (χ0) is 8.27. The van der Waals surface area contributed by atoms with Crippen molar-refractivity contribution >= 4 is 21.6 Å². The summed E-state index contributed by atoms with van der Waals surface area (Å²) < 4.78 is 13.5. The van der Waals surface area contributed by atoms with Crippen molar-refractivity contribution in [3.05, 3.63) is 28.5 Å². The quantitative estimate of drug-likeness (QED) is 0.804. The minimum atomic E-state index is -0.218. The molecule has 60 valence electrons. The molecular weight excluding hydrogens is 209 g/mol. The summed E-state index contributed by atoms with van der Waals surface area (Å²) in [6.45, 7) is 2.76. The maximum absolute atomic E-state index is 12.6. The molecule has 0 fully saturated rings. The van der Waals surface area contributed by atoms with E-state index in [4.69, 9.17) is 0 Å². The lowest BCUT2D eigenvalue weighted by atomic mass is 10.3. The van der Waals surface area contributed by atoms with Gasteiger partial charge in [0.25, 0.3) is 0 Å². The van der Waals surface area contributed by atoms with Crippen LogP contribution in [-0.4, -0.2) is 6.54 Å². The normalized spacial score (nSPS) is 9.73. The highest BCUT2D eigenvalue weighted by atomic mass is 79.9. The van der Waals surface area contributed by atoms with E-state index in [9.17, 15) is 4.39 Å². The molecule has 0 aliphatic heterocycles. The molecule has 0 aliphatic carbocycles. The molecule has 0 bridgehead atoms. The minimum absolute atomic E-state index is 0.218. The van der Waals surface area contributed by atoms with Crippen LogP contribution in [0.4, 0.5) is 10.1 Å². The molecule has 0 saturated heterocycles. The Labute approximate surface area is 73.7 Å². The number of anilines is 1. The van der Waals surface area contributed by atoms with Crippen LogP contribution in [0, 0.1) is 5.82 Å². The number of nitrogens with one attached hydrogen (secondary N) is 1. The van der Waals surface area contributed by atoms with Gasteiger partial charge in [-0.05, 0) is 41.1 Å². The molecule has 0 radical (unpaired) electrons. The van der Waals surface area contributed by atoms with Gasteiger partial charge in [-0.25, -0.2) is 4.39 Å². The molecule has 0 aromatic heterocycles. The van der Waals surface area contributed by atoms with Gasteiger partial charge >= 0.3 is 0 Å². The summed E-state index contributed by atoms with van der Waals surface area (Å²) in [5.74, 6) is -0.218. The van der Waals surface area contributed by atoms with Gasteiger partial charge in [-0.1, -0.05) is 0 Å². The van der Waals surface area contributed by atoms with Gasteiger partial charge in [0, 0.05) is 11.0 Å². The van der Waals surface area contributed by atoms with Crippen LogP contribution in [0.5, 0.6) is 0 Å². The van der Waals surface area contributed by atoms with E-state index in [1.54, 1.807) is 6.07 Å². The molecule has 1 N–H and O–H groups in total. The molecular formula is C8H9BrFN. The van der Waals surface area contributed by atoms with E-state index in [-0.39, 0.29) is 5.82 Å². The molecule has 0 unspecified atom stereocenters. The van der Waals surface area contributed by atoms with Crippen LogP contribution in [0.3, 0.4) is 0 Å². The Balaban J connectivity index is 2.93. The molecule has 0 atom stereocenters. The van der Waals surface area contributed by atoms with Crippen molar-refractivity contribution in [3.8, 4) is 0 Å². The van der Waals surface area contributed by atoms with E-state index >= 15 is 0 Å². The van der Waals surface area contributed by atoms with Crippen molar-refractivity contribution in [1.29, 1.82) is 0 Å². The summed E-state index contributed by atoms with van der Waals surface area (Å²) in [6, 6.07) is 4.58. The van der Waals surface area contributed by atoms with Gasteiger partial charge in [0.15, 0.2) is 0 Å². The summed E-state index contributed by atoms with van der Waals surface area (Å²) in [5, 5.41) is 3.03. The van der Waals surface area contributed by atoms with Crippen molar-refractivity contribution in [2.75, 3.05) is 11.9 Å². The minimum Gasteiger partial charge on any atom is -0.384 e. The highest BCUT2D eigenvalue weighted by Crippen LogP contribution is 2.22. The molecule has 1 aromatic carbocycles.